The number of para-hydroxylation sites is 1. The Hall–Kier alpha value is -4.91. The molecule has 0 aliphatic rings. The number of allylic oxidation sites excluding steroid dienone is 1. The van der Waals surface area contributed by atoms with Crippen LogP contribution in [0.25, 0.3) is 0 Å². The van der Waals surface area contributed by atoms with Gasteiger partial charge in [0.2, 0.25) is 5.91 Å². The molecule has 0 aromatic heterocycles. The van der Waals surface area contributed by atoms with Gasteiger partial charge in [0.1, 0.15) is 28.6 Å². The lowest BCUT2D eigenvalue weighted by Gasteiger charge is -2.29. The zero-order chi connectivity index (χ0) is 32.0. The summed E-state index contributed by atoms with van der Waals surface area (Å²) in [5.41, 5.74) is -1.20. The van der Waals surface area contributed by atoms with Crippen LogP contribution in [-0.2, 0) is 20.9 Å². The SMILES string of the molecule is CC(COCc1ccccc1OC(F)(F)F)(NC(=O)CN/C=C\CCC=N)C(=O)Nc1ccc(Oc2ccc(F)cc2)cc1. The third-order valence-corrected chi connectivity index (χ3v) is 5.90. The first kappa shape index (κ1) is 33.6. The van der Waals surface area contributed by atoms with E-state index < -0.39 is 41.9 Å². The molecule has 234 valence electrons. The molecule has 1 unspecified atom stereocenters. The molecule has 13 heteroatoms. The van der Waals surface area contributed by atoms with Gasteiger partial charge in [0.25, 0.3) is 5.91 Å². The second-order valence-corrected chi connectivity index (χ2v) is 9.63. The van der Waals surface area contributed by atoms with Gasteiger partial charge in [-0.15, -0.1) is 13.2 Å². The summed E-state index contributed by atoms with van der Waals surface area (Å²) in [4.78, 5) is 26.1. The van der Waals surface area contributed by atoms with Crippen LogP contribution in [0.15, 0.2) is 85.1 Å². The first-order chi connectivity index (χ1) is 21.0. The van der Waals surface area contributed by atoms with Gasteiger partial charge in [0.15, 0.2) is 0 Å². The molecule has 3 aromatic carbocycles. The van der Waals surface area contributed by atoms with Crippen molar-refractivity contribution in [3.63, 3.8) is 0 Å². The molecule has 0 aliphatic carbocycles. The van der Waals surface area contributed by atoms with Crippen LogP contribution in [0.1, 0.15) is 25.3 Å². The number of rotatable bonds is 16. The third-order valence-electron chi connectivity index (χ3n) is 5.90. The molecule has 9 nitrogen and oxygen atoms in total. The number of anilines is 1. The van der Waals surface area contributed by atoms with Gasteiger partial charge in [-0.1, -0.05) is 24.3 Å². The normalized spacial score (nSPS) is 12.7. The van der Waals surface area contributed by atoms with Gasteiger partial charge in [-0.2, -0.15) is 0 Å². The predicted molar refractivity (Wildman–Crippen MR) is 156 cm³/mol. The maximum Gasteiger partial charge on any atom is 0.573 e. The Morgan fingerprint density at radius 2 is 1.59 bits per heavy atom. The summed E-state index contributed by atoms with van der Waals surface area (Å²) in [6.45, 7) is 0.506. The third kappa shape index (κ3) is 11.4. The van der Waals surface area contributed by atoms with Crippen molar-refractivity contribution in [1.82, 2.24) is 10.6 Å². The highest BCUT2D eigenvalue weighted by Crippen LogP contribution is 2.27. The lowest BCUT2D eigenvalue weighted by molar-refractivity contribution is -0.275. The van der Waals surface area contributed by atoms with Gasteiger partial charge in [0.05, 0.1) is 19.8 Å². The molecule has 0 saturated carbocycles. The average Bonchev–Trinajstić information content (AvgIpc) is 2.97. The maximum absolute atomic E-state index is 13.4. The van der Waals surface area contributed by atoms with Crippen molar-refractivity contribution in [2.75, 3.05) is 18.5 Å². The Balaban J connectivity index is 1.69. The van der Waals surface area contributed by atoms with Crippen molar-refractivity contribution in [3.8, 4) is 17.2 Å². The minimum Gasteiger partial charge on any atom is -0.457 e. The van der Waals surface area contributed by atoms with Gasteiger partial charge >= 0.3 is 6.36 Å². The first-order valence-corrected chi connectivity index (χ1v) is 13.4. The Morgan fingerprint density at radius 3 is 2.25 bits per heavy atom. The summed E-state index contributed by atoms with van der Waals surface area (Å²) in [6, 6.07) is 17.2. The number of alkyl halides is 3. The van der Waals surface area contributed by atoms with Gasteiger partial charge in [-0.3, -0.25) is 9.59 Å². The Kier molecular flexibility index (Phi) is 12.3. The Labute approximate surface area is 251 Å². The second-order valence-electron chi connectivity index (χ2n) is 9.63. The number of carbonyl (C=O) groups is 2. The van der Waals surface area contributed by atoms with Gasteiger partial charge < -0.3 is 35.6 Å². The summed E-state index contributed by atoms with van der Waals surface area (Å²) in [7, 11) is 0. The number of hydrogen-bond donors (Lipinski definition) is 4. The van der Waals surface area contributed by atoms with Gasteiger partial charge in [-0.25, -0.2) is 4.39 Å². The molecular formula is C31H32F4N4O5. The van der Waals surface area contributed by atoms with E-state index >= 15 is 0 Å². The van der Waals surface area contributed by atoms with E-state index in [-0.39, 0.29) is 18.7 Å². The quantitative estimate of drug-likeness (QED) is 0.0880. The van der Waals surface area contributed by atoms with Crippen LogP contribution in [0, 0.1) is 11.2 Å². The summed E-state index contributed by atoms with van der Waals surface area (Å²) in [5, 5.41) is 15.2. The number of nitrogens with one attached hydrogen (secondary N) is 4. The van der Waals surface area contributed by atoms with Crippen molar-refractivity contribution in [2.45, 2.75) is 38.3 Å². The molecule has 0 radical (unpaired) electrons. The van der Waals surface area contributed by atoms with Gasteiger partial charge in [-0.05, 0) is 86.8 Å². The van der Waals surface area contributed by atoms with Crippen LogP contribution in [0.4, 0.5) is 23.2 Å². The number of halogens is 4. The standard InChI is InChI=1S/C31H32F4N4O5/c1-30(39-28(40)19-37-18-6-2-5-17-36,21-42-20-22-7-3-4-8-27(22)44-31(33,34)35)29(41)38-24-11-15-26(16-12-24)43-25-13-9-23(32)10-14-25/h3-4,6-18,36-37H,2,5,19-21H2,1H3,(H,38,41)(H,39,40)/b18-6-,36-17?. The van der Waals surface area contributed by atoms with E-state index in [0.717, 1.165) is 6.07 Å². The first-order valence-electron chi connectivity index (χ1n) is 13.4. The summed E-state index contributed by atoms with van der Waals surface area (Å²) >= 11 is 0. The van der Waals surface area contributed by atoms with E-state index in [2.05, 4.69) is 20.7 Å². The fourth-order valence-electron chi connectivity index (χ4n) is 3.73. The lowest BCUT2D eigenvalue weighted by atomic mass is 10.0. The largest absolute Gasteiger partial charge is 0.573 e. The predicted octanol–water partition coefficient (Wildman–Crippen LogP) is 6.08. The fraction of sp³-hybridized carbons (Fsp3) is 0.258. The number of unbranched alkanes of at least 4 members (excludes halogenated alkanes) is 1. The smallest absolute Gasteiger partial charge is 0.457 e. The molecule has 0 aliphatic heterocycles. The number of amides is 2. The molecule has 44 heavy (non-hydrogen) atoms. The Bertz CT molecular complexity index is 1420. The molecule has 0 spiro atoms. The molecule has 1 atom stereocenters. The molecule has 0 fully saturated rings. The molecule has 0 bridgehead atoms. The van der Waals surface area contributed by atoms with E-state index in [9.17, 15) is 27.2 Å². The summed E-state index contributed by atoms with van der Waals surface area (Å²) < 4.78 is 67.0. The highest BCUT2D eigenvalue weighted by molar-refractivity contribution is 6.00. The van der Waals surface area contributed by atoms with Crippen molar-refractivity contribution in [3.05, 3.63) is 96.5 Å². The topological polar surface area (TPSA) is 122 Å². The number of benzene rings is 3. The zero-order valence-corrected chi connectivity index (χ0v) is 23.7. The second kappa shape index (κ2) is 16.1. The molecule has 3 aromatic rings. The monoisotopic (exact) mass is 616 g/mol. The lowest BCUT2D eigenvalue weighted by Crippen LogP contribution is -2.59. The zero-order valence-electron chi connectivity index (χ0n) is 23.7. The molecular weight excluding hydrogens is 584 g/mol. The van der Waals surface area contributed by atoms with Crippen LogP contribution < -0.4 is 25.4 Å². The van der Waals surface area contributed by atoms with Crippen molar-refractivity contribution in [1.29, 1.82) is 5.41 Å². The number of hydrogen-bond acceptors (Lipinski definition) is 7. The fourth-order valence-corrected chi connectivity index (χ4v) is 3.73. The Morgan fingerprint density at radius 1 is 0.932 bits per heavy atom. The van der Waals surface area contributed by atoms with Crippen LogP contribution in [0.3, 0.4) is 0 Å². The van der Waals surface area contributed by atoms with E-state index in [1.165, 1.54) is 55.6 Å². The molecule has 0 saturated heterocycles. The van der Waals surface area contributed by atoms with Crippen molar-refractivity contribution >= 4 is 23.7 Å². The van der Waals surface area contributed by atoms with E-state index in [1.807, 2.05) is 0 Å². The van der Waals surface area contributed by atoms with E-state index in [0.29, 0.717) is 30.0 Å². The van der Waals surface area contributed by atoms with Crippen LogP contribution in [0.5, 0.6) is 17.2 Å². The van der Waals surface area contributed by atoms with Crippen molar-refractivity contribution in [2.24, 2.45) is 0 Å². The van der Waals surface area contributed by atoms with Crippen LogP contribution in [-0.4, -0.2) is 43.1 Å². The van der Waals surface area contributed by atoms with Gasteiger partial charge in [0, 0.05) is 11.3 Å². The van der Waals surface area contributed by atoms with Crippen LogP contribution >= 0.6 is 0 Å². The summed E-state index contributed by atoms with van der Waals surface area (Å²) in [6.07, 6.45) is 0.830. The summed E-state index contributed by atoms with van der Waals surface area (Å²) in [5.74, 6) is -1.22. The van der Waals surface area contributed by atoms with Crippen LogP contribution in [0.2, 0.25) is 0 Å². The number of carbonyl (C=O) groups excluding carboxylic acids is 2. The maximum atomic E-state index is 13.4. The van der Waals surface area contributed by atoms with E-state index in [4.69, 9.17) is 14.9 Å². The highest BCUT2D eigenvalue weighted by Gasteiger charge is 2.36. The highest BCUT2D eigenvalue weighted by atomic mass is 19.4. The molecule has 3 rings (SSSR count). The minimum atomic E-state index is -4.90. The average molecular weight is 617 g/mol. The molecule has 4 N–H and O–H groups in total. The minimum absolute atomic E-state index is 0.0902. The molecule has 0 heterocycles. The molecule has 2 amide bonds. The van der Waals surface area contributed by atoms with E-state index in [1.54, 1.807) is 36.5 Å². The van der Waals surface area contributed by atoms with Crippen molar-refractivity contribution < 1.29 is 41.4 Å². The number of ether oxygens (including phenoxy) is 3.